The Hall–Kier alpha value is -4.01. The van der Waals surface area contributed by atoms with Crippen LogP contribution in [-0.2, 0) is 10.8 Å². The molecular formula is C41H43ClN2. The minimum atomic E-state index is 0.108. The number of anilines is 6. The molecule has 0 amide bonds. The number of hydrogen-bond donors (Lipinski definition) is 0. The van der Waals surface area contributed by atoms with Crippen molar-refractivity contribution in [3.63, 3.8) is 0 Å². The van der Waals surface area contributed by atoms with Crippen molar-refractivity contribution >= 4 is 45.7 Å². The second-order valence-electron chi connectivity index (χ2n) is 13.8. The average molecular weight is 599 g/mol. The molecule has 0 heterocycles. The largest absolute Gasteiger partial charge is 0.310 e. The number of nitrogens with zero attached hydrogens (tertiary/aromatic N) is 2. The molecule has 0 spiro atoms. The van der Waals surface area contributed by atoms with Gasteiger partial charge in [0, 0.05) is 33.5 Å². The van der Waals surface area contributed by atoms with Gasteiger partial charge in [-0.1, -0.05) is 81.8 Å². The van der Waals surface area contributed by atoms with Gasteiger partial charge in [-0.15, -0.1) is 0 Å². The van der Waals surface area contributed by atoms with Gasteiger partial charge >= 0.3 is 0 Å². The van der Waals surface area contributed by atoms with Gasteiger partial charge in [0.15, 0.2) is 0 Å². The molecule has 0 bridgehead atoms. The molecule has 0 radical (unpaired) electrons. The van der Waals surface area contributed by atoms with E-state index < -0.39 is 0 Å². The van der Waals surface area contributed by atoms with Gasteiger partial charge < -0.3 is 9.80 Å². The van der Waals surface area contributed by atoms with Gasteiger partial charge in [0.25, 0.3) is 0 Å². The van der Waals surface area contributed by atoms with Gasteiger partial charge in [0.1, 0.15) is 0 Å². The third-order valence-corrected chi connectivity index (χ3v) is 9.58. The van der Waals surface area contributed by atoms with Crippen molar-refractivity contribution < 1.29 is 0 Å². The van der Waals surface area contributed by atoms with Crippen molar-refractivity contribution in [2.24, 2.45) is 0 Å². The summed E-state index contributed by atoms with van der Waals surface area (Å²) >= 11 is 6.72. The summed E-state index contributed by atoms with van der Waals surface area (Å²) in [5.74, 6) is 0. The van der Waals surface area contributed by atoms with E-state index in [-0.39, 0.29) is 10.8 Å². The molecular weight excluding hydrogens is 556 g/mol. The van der Waals surface area contributed by atoms with Crippen molar-refractivity contribution in [1.29, 1.82) is 0 Å². The Kier molecular flexibility index (Phi) is 7.84. The first-order valence-corrected chi connectivity index (χ1v) is 16.1. The van der Waals surface area contributed by atoms with E-state index in [2.05, 4.69) is 161 Å². The molecule has 0 N–H and O–H groups in total. The maximum Gasteiger partial charge on any atom is 0.0521 e. The predicted octanol–water partition coefficient (Wildman–Crippen LogP) is 12.6. The standard InChI is InChI=1S/C41H43ClN2/c1-28-22-31(42)26-35(23-28)44(34-18-19-37-38(27-34)41(6,7)21-20-40(37,4)5)39-29(2)24-36(25-30(39)3)43(32-14-10-8-11-15-32)33-16-12-9-13-17-33/h8-19,22-27H,20-21H2,1-7H3. The third-order valence-electron chi connectivity index (χ3n) is 9.37. The summed E-state index contributed by atoms with van der Waals surface area (Å²) in [6.07, 6.45) is 2.37. The second-order valence-corrected chi connectivity index (χ2v) is 14.2. The smallest absolute Gasteiger partial charge is 0.0521 e. The summed E-state index contributed by atoms with van der Waals surface area (Å²) in [7, 11) is 0. The van der Waals surface area contributed by atoms with Crippen LogP contribution < -0.4 is 9.80 Å². The average Bonchev–Trinajstić information content (AvgIpc) is 2.98. The van der Waals surface area contributed by atoms with E-state index >= 15 is 0 Å². The molecule has 3 heteroatoms. The number of rotatable bonds is 6. The molecule has 0 unspecified atom stereocenters. The van der Waals surface area contributed by atoms with Gasteiger partial charge in [-0.25, -0.2) is 0 Å². The Morgan fingerprint density at radius 2 is 1.02 bits per heavy atom. The number of halogens is 1. The Bertz CT molecular complexity index is 1720. The zero-order valence-corrected chi connectivity index (χ0v) is 27.8. The van der Waals surface area contributed by atoms with E-state index in [0.29, 0.717) is 0 Å². The summed E-state index contributed by atoms with van der Waals surface area (Å²) in [6.45, 7) is 16.1. The molecule has 44 heavy (non-hydrogen) atoms. The second kappa shape index (κ2) is 11.5. The van der Waals surface area contributed by atoms with Crippen LogP contribution in [0.15, 0.2) is 109 Å². The van der Waals surface area contributed by atoms with Crippen molar-refractivity contribution in [2.75, 3.05) is 9.80 Å². The highest BCUT2D eigenvalue weighted by Crippen LogP contribution is 2.49. The van der Waals surface area contributed by atoms with Crippen LogP contribution >= 0.6 is 11.6 Å². The van der Waals surface area contributed by atoms with Crippen molar-refractivity contribution in [3.05, 3.63) is 142 Å². The van der Waals surface area contributed by atoms with E-state index in [9.17, 15) is 0 Å². The van der Waals surface area contributed by atoms with Gasteiger partial charge in [0.2, 0.25) is 0 Å². The number of benzene rings is 5. The first kappa shape index (κ1) is 30.0. The van der Waals surface area contributed by atoms with Gasteiger partial charge in [-0.05, 0) is 139 Å². The fourth-order valence-corrected chi connectivity index (χ4v) is 7.27. The molecule has 1 aliphatic rings. The highest BCUT2D eigenvalue weighted by atomic mass is 35.5. The lowest BCUT2D eigenvalue weighted by molar-refractivity contribution is 0.332. The minimum Gasteiger partial charge on any atom is -0.310 e. The molecule has 224 valence electrons. The first-order chi connectivity index (χ1) is 20.9. The van der Waals surface area contributed by atoms with Crippen molar-refractivity contribution in [1.82, 2.24) is 0 Å². The molecule has 0 fully saturated rings. The van der Waals surface area contributed by atoms with Crippen LogP contribution in [0.25, 0.3) is 0 Å². The molecule has 1 aliphatic carbocycles. The van der Waals surface area contributed by atoms with Crippen LogP contribution in [0.2, 0.25) is 5.02 Å². The number of hydrogen-bond acceptors (Lipinski definition) is 2. The van der Waals surface area contributed by atoms with Crippen LogP contribution in [0.3, 0.4) is 0 Å². The first-order valence-electron chi connectivity index (χ1n) is 15.7. The van der Waals surface area contributed by atoms with E-state index in [1.807, 2.05) is 6.07 Å². The minimum absolute atomic E-state index is 0.108. The molecule has 0 aromatic heterocycles. The highest BCUT2D eigenvalue weighted by molar-refractivity contribution is 6.31. The molecule has 0 aliphatic heterocycles. The Balaban J connectivity index is 1.56. The third kappa shape index (κ3) is 5.64. The molecule has 0 saturated heterocycles. The highest BCUT2D eigenvalue weighted by Gasteiger charge is 2.37. The van der Waals surface area contributed by atoms with Crippen molar-refractivity contribution in [2.45, 2.75) is 72.1 Å². The lowest BCUT2D eigenvalue weighted by Gasteiger charge is -2.42. The molecule has 5 aromatic rings. The van der Waals surface area contributed by atoms with Gasteiger partial charge in [0.05, 0.1) is 5.69 Å². The van der Waals surface area contributed by atoms with E-state index in [4.69, 9.17) is 11.6 Å². The van der Waals surface area contributed by atoms with Crippen LogP contribution in [0.4, 0.5) is 34.1 Å². The zero-order chi connectivity index (χ0) is 31.2. The maximum absolute atomic E-state index is 6.72. The zero-order valence-electron chi connectivity index (χ0n) is 27.1. The molecule has 2 nitrogen and oxygen atoms in total. The topological polar surface area (TPSA) is 6.48 Å². The quantitative estimate of drug-likeness (QED) is 0.192. The summed E-state index contributed by atoms with van der Waals surface area (Å²) in [5.41, 5.74) is 13.5. The Labute approximate surface area is 268 Å². The lowest BCUT2D eigenvalue weighted by Crippen LogP contribution is -2.34. The summed E-state index contributed by atoms with van der Waals surface area (Å²) in [6, 6.07) is 39.3. The fraction of sp³-hybridized carbons (Fsp3) is 0.268. The molecule has 0 atom stereocenters. The van der Waals surface area contributed by atoms with Gasteiger partial charge in [-0.2, -0.15) is 0 Å². The summed E-state index contributed by atoms with van der Waals surface area (Å²) in [4.78, 5) is 4.75. The van der Waals surface area contributed by atoms with E-state index in [0.717, 1.165) is 39.0 Å². The fourth-order valence-electron chi connectivity index (χ4n) is 6.99. The SMILES string of the molecule is Cc1cc(Cl)cc(N(c2ccc3c(c2)C(C)(C)CCC3(C)C)c2c(C)cc(N(c3ccccc3)c3ccccc3)cc2C)c1. The predicted molar refractivity (Wildman–Crippen MR) is 190 cm³/mol. The van der Waals surface area contributed by atoms with Crippen LogP contribution in [0.1, 0.15) is 68.4 Å². The normalized spacial score (nSPS) is 15.0. The lowest BCUT2D eigenvalue weighted by atomic mass is 9.63. The van der Waals surface area contributed by atoms with E-state index in [1.165, 1.54) is 40.8 Å². The van der Waals surface area contributed by atoms with E-state index in [1.54, 1.807) is 0 Å². The van der Waals surface area contributed by atoms with Crippen LogP contribution in [0, 0.1) is 20.8 Å². The van der Waals surface area contributed by atoms with Crippen LogP contribution in [-0.4, -0.2) is 0 Å². The summed E-state index contributed by atoms with van der Waals surface area (Å²) in [5, 5.41) is 0.746. The molecule has 6 rings (SSSR count). The van der Waals surface area contributed by atoms with Crippen molar-refractivity contribution in [3.8, 4) is 0 Å². The summed E-state index contributed by atoms with van der Waals surface area (Å²) < 4.78 is 0. The van der Waals surface area contributed by atoms with Crippen LogP contribution in [0.5, 0.6) is 0 Å². The number of aryl methyl sites for hydroxylation is 3. The Morgan fingerprint density at radius 3 is 1.57 bits per heavy atom. The van der Waals surface area contributed by atoms with Gasteiger partial charge in [-0.3, -0.25) is 0 Å². The monoisotopic (exact) mass is 598 g/mol. The Morgan fingerprint density at radius 1 is 0.500 bits per heavy atom. The number of para-hydroxylation sites is 2. The molecule has 5 aromatic carbocycles. The maximum atomic E-state index is 6.72. The molecule has 0 saturated carbocycles. The number of fused-ring (bicyclic) bond motifs is 1.